The lowest BCUT2D eigenvalue weighted by atomic mass is 9.97. The van der Waals surface area contributed by atoms with E-state index < -0.39 is 24.5 Å². The number of aromatic nitrogens is 2. The molecular weight excluding hydrogens is 626 g/mol. The molecule has 8 rings (SSSR count). The highest BCUT2D eigenvalue weighted by Gasteiger charge is 2.39. The number of piperidine rings is 1. The Balaban J connectivity index is 0.997. The Morgan fingerprint density at radius 2 is 1.73 bits per heavy atom. The molecule has 0 bridgehead atoms. The summed E-state index contributed by atoms with van der Waals surface area (Å²) in [7, 11) is 3.13. The summed E-state index contributed by atoms with van der Waals surface area (Å²) in [6.07, 6.45) is 5.30. The summed E-state index contributed by atoms with van der Waals surface area (Å²) >= 11 is 0. The van der Waals surface area contributed by atoms with Crippen molar-refractivity contribution in [1.29, 1.82) is 0 Å². The van der Waals surface area contributed by atoms with Crippen molar-refractivity contribution in [3.63, 3.8) is 0 Å². The predicted molar refractivity (Wildman–Crippen MR) is 180 cm³/mol. The molecule has 4 aliphatic rings. The molecule has 1 N–H and O–H groups in total. The number of fused-ring (bicyclic) bond motifs is 2. The standard InChI is InChI=1S/C37H37N5O7/c1-40-18-28(26-13-30(20-4-5-20)38-14-27(26)36(40)45)22-10-32(47-2)29(33(11-22)48-3)19-41-16-24(17-41)49-23-7-6-21-15-42(37(46)25(21)12-23)31-8-9-34(43)39-35(31)44/h6-7,10-14,18,20,24,31H,4-5,8-9,15-17,19H2,1-3H3,(H,39,43,44)/i1D3. The third-order valence-electron chi connectivity index (χ3n) is 9.94. The molecule has 2 saturated heterocycles. The van der Waals surface area contributed by atoms with Gasteiger partial charge >= 0.3 is 0 Å². The van der Waals surface area contributed by atoms with E-state index in [1.807, 2.05) is 30.3 Å². The lowest BCUT2D eigenvalue weighted by molar-refractivity contribution is -0.136. The van der Waals surface area contributed by atoms with E-state index in [1.54, 1.807) is 20.3 Å². The number of amides is 3. The Morgan fingerprint density at radius 1 is 0.959 bits per heavy atom. The summed E-state index contributed by atoms with van der Waals surface area (Å²) in [6.45, 7) is -0.690. The first kappa shape index (κ1) is 27.7. The first-order valence-electron chi connectivity index (χ1n) is 17.9. The number of rotatable bonds is 9. The van der Waals surface area contributed by atoms with Crippen LogP contribution in [-0.4, -0.2) is 76.5 Å². The van der Waals surface area contributed by atoms with Crippen LogP contribution in [0.1, 0.15) is 62.9 Å². The minimum absolute atomic E-state index is 0.126. The molecular formula is C37H37N5O7. The van der Waals surface area contributed by atoms with Crippen molar-refractivity contribution in [2.45, 2.75) is 56.8 Å². The summed E-state index contributed by atoms with van der Waals surface area (Å²) in [5, 5.41) is 3.18. The number of nitrogens with zero attached hydrogens (tertiary/aromatic N) is 4. The van der Waals surface area contributed by atoms with Crippen LogP contribution in [0.5, 0.6) is 17.2 Å². The van der Waals surface area contributed by atoms with Gasteiger partial charge in [-0.1, -0.05) is 6.07 Å². The van der Waals surface area contributed by atoms with Gasteiger partial charge < -0.3 is 23.7 Å². The average molecular weight is 667 g/mol. The number of nitrogens with one attached hydrogen (secondary N) is 1. The molecule has 1 saturated carbocycles. The number of carbonyl (C=O) groups excluding carboxylic acids is 3. The Hall–Kier alpha value is -5.23. The van der Waals surface area contributed by atoms with Crippen molar-refractivity contribution in [1.82, 2.24) is 24.7 Å². The van der Waals surface area contributed by atoms with Gasteiger partial charge in [-0.2, -0.15) is 0 Å². The van der Waals surface area contributed by atoms with E-state index in [0.29, 0.717) is 77.8 Å². The van der Waals surface area contributed by atoms with Gasteiger partial charge in [0, 0.05) is 78.8 Å². The molecule has 1 aliphatic carbocycles. The van der Waals surface area contributed by atoms with Gasteiger partial charge in [0.15, 0.2) is 0 Å². The van der Waals surface area contributed by atoms with Gasteiger partial charge in [0.2, 0.25) is 11.8 Å². The number of pyridine rings is 2. The number of hydrogen-bond donors (Lipinski definition) is 1. The van der Waals surface area contributed by atoms with Crippen molar-refractivity contribution in [3.8, 4) is 28.4 Å². The molecule has 2 aromatic carbocycles. The fourth-order valence-electron chi connectivity index (χ4n) is 7.13. The van der Waals surface area contributed by atoms with Crippen LogP contribution in [-0.2, 0) is 29.7 Å². The minimum atomic E-state index is -2.69. The first-order chi connectivity index (χ1) is 24.9. The van der Waals surface area contributed by atoms with Gasteiger partial charge in [-0.3, -0.25) is 34.4 Å². The van der Waals surface area contributed by atoms with Crippen LogP contribution in [0.2, 0.25) is 0 Å². The second-order valence-corrected chi connectivity index (χ2v) is 13.2. The Kier molecular flexibility index (Phi) is 6.80. The van der Waals surface area contributed by atoms with Crippen LogP contribution in [0.25, 0.3) is 21.9 Å². The molecule has 1 unspecified atom stereocenters. The van der Waals surface area contributed by atoms with Crippen molar-refractivity contribution in [2.75, 3.05) is 27.3 Å². The SMILES string of the molecule is [2H]C([2H])([2H])n1cc(-c2cc(OC)c(CN3CC(Oc4ccc5c(c4)C(=O)N(C4CCC(=O)NC4=O)C5)C3)c(OC)c2)c2cc(C3CC3)ncc2c1=O. The zero-order valence-electron chi connectivity index (χ0n) is 30.2. The van der Waals surface area contributed by atoms with Crippen LogP contribution < -0.4 is 25.1 Å². The molecule has 49 heavy (non-hydrogen) atoms. The van der Waals surface area contributed by atoms with Crippen molar-refractivity contribution in [2.24, 2.45) is 6.98 Å². The molecule has 3 fully saturated rings. The van der Waals surface area contributed by atoms with E-state index in [4.69, 9.17) is 18.3 Å². The fourth-order valence-corrected chi connectivity index (χ4v) is 7.13. The van der Waals surface area contributed by atoms with E-state index in [1.165, 1.54) is 17.3 Å². The average Bonchev–Trinajstić information content (AvgIpc) is 3.90. The molecule has 12 nitrogen and oxygen atoms in total. The predicted octanol–water partition coefficient (Wildman–Crippen LogP) is 3.52. The van der Waals surface area contributed by atoms with Crippen molar-refractivity contribution >= 4 is 28.5 Å². The number of methoxy groups -OCH3 is 2. The monoisotopic (exact) mass is 666 g/mol. The molecule has 12 heteroatoms. The van der Waals surface area contributed by atoms with Crippen LogP contribution in [0.15, 0.2) is 53.6 Å². The fraction of sp³-hybridized carbons (Fsp3) is 0.378. The maximum absolute atomic E-state index is 13.3. The van der Waals surface area contributed by atoms with Gasteiger partial charge in [-0.25, -0.2) is 0 Å². The topological polar surface area (TPSA) is 132 Å². The minimum Gasteiger partial charge on any atom is -0.496 e. The molecule has 3 amide bonds. The zero-order valence-corrected chi connectivity index (χ0v) is 27.2. The normalized spacial score (nSPS) is 20.7. The second kappa shape index (κ2) is 12.0. The number of hydrogen-bond acceptors (Lipinski definition) is 9. The van der Waals surface area contributed by atoms with Crippen LogP contribution in [0.4, 0.5) is 0 Å². The summed E-state index contributed by atoms with van der Waals surface area (Å²) in [6, 6.07) is 10.3. The lowest BCUT2D eigenvalue weighted by Crippen LogP contribution is -2.53. The quantitative estimate of drug-likeness (QED) is 0.267. The number of ether oxygens (including phenoxy) is 3. The maximum Gasteiger partial charge on any atom is 0.259 e. The second-order valence-electron chi connectivity index (χ2n) is 13.2. The van der Waals surface area contributed by atoms with Crippen molar-refractivity contribution < 1.29 is 32.7 Å². The van der Waals surface area contributed by atoms with E-state index in [9.17, 15) is 19.2 Å². The maximum atomic E-state index is 13.3. The highest BCUT2D eigenvalue weighted by Crippen LogP contribution is 2.42. The molecule has 3 aliphatic heterocycles. The van der Waals surface area contributed by atoms with Gasteiger partial charge in [-0.05, 0) is 66.1 Å². The summed E-state index contributed by atoms with van der Waals surface area (Å²) in [4.78, 5) is 58.7. The van der Waals surface area contributed by atoms with E-state index in [0.717, 1.165) is 34.2 Å². The van der Waals surface area contributed by atoms with Gasteiger partial charge in [0.25, 0.3) is 11.5 Å². The Morgan fingerprint density at radius 3 is 2.43 bits per heavy atom. The van der Waals surface area contributed by atoms with Crippen molar-refractivity contribution in [3.05, 3.63) is 81.5 Å². The molecule has 2 aromatic heterocycles. The molecule has 1 atom stereocenters. The number of benzene rings is 2. The summed E-state index contributed by atoms with van der Waals surface area (Å²) in [5.41, 5.74) is 3.56. The van der Waals surface area contributed by atoms with E-state index in [2.05, 4.69) is 15.2 Å². The van der Waals surface area contributed by atoms with E-state index >= 15 is 0 Å². The van der Waals surface area contributed by atoms with Crippen LogP contribution >= 0.6 is 0 Å². The van der Waals surface area contributed by atoms with Gasteiger partial charge in [-0.15, -0.1) is 0 Å². The molecule has 0 radical (unpaired) electrons. The lowest BCUT2D eigenvalue weighted by Gasteiger charge is -2.39. The molecule has 5 heterocycles. The number of imide groups is 1. The first-order valence-corrected chi connectivity index (χ1v) is 16.4. The smallest absolute Gasteiger partial charge is 0.259 e. The Bertz CT molecular complexity index is 2190. The third kappa shape index (κ3) is 5.59. The third-order valence-corrected chi connectivity index (χ3v) is 9.94. The number of likely N-dealkylation sites (tertiary alicyclic amines) is 1. The largest absolute Gasteiger partial charge is 0.496 e. The van der Waals surface area contributed by atoms with Gasteiger partial charge in [0.1, 0.15) is 29.4 Å². The summed E-state index contributed by atoms with van der Waals surface area (Å²) in [5.74, 6) is 0.972. The molecule has 252 valence electrons. The highest BCUT2D eigenvalue weighted by atomic mass is 16.5. The zero-order chi connectivity index (χ0) is 36.5. The summed E-state index contributed by atoms with van der Waals surface area (Å²) < 4.78 is 42.8. The number of aryl methyl sites for hydroxylation is 1. The Labute approximate surface area is 286 Å². The van der Waals surface area contributed by atoms with E-state index in [-0.39, 0.29) is 29.7 Å². The number of carbonyl (C=O) groups is 3. The van der Waals surface area contributed by atoms with Crippen LogP contribution in [0, 0.1) is 0 Å². The highest BCUT2D eigenvalue weighted by molar-refractivity contribution is 6.05. The van der Waals surface area contributed by atoms with Gasteiger partial charge in [0.05, 0.1) is 25.2 Å². The molecule has 4 aromatic rings. The van der Waals surface area contributed by atoms with Crippen LogP contribution in [0.3, 0.4) is 0 Å². The molecule has 0 spiro atoms.